The Labute approximate surface area is 152 Å². The molecule has 3 rings (SSSR count). The third-order valence-corrected chi connectivity index (χ3v) is 5.26. The summed E-state index contributed by atoms with van der Waals surface area (Å²) in [4.78, 5) is 5.51. The van der Waals surface area contributed by atoms with Gasteiger partial charge in [-0.2, -0.15) is 5.10 Å². The summed E-state index contributed by atoms with van der Waals surface area (Å²) >= 11 is 1.56. The second-order valence-corrected chi connectivity index (χ2v) is 7.68. The van der Waals surface area contributed by atoms with Gasteiger partial charge in [-0.1, -0.05) is 19.1 Å². The number of aromatic nitrogens is 1. The summed E-state index contributed by atoms with van der Waals surface area (Å²) in [6.07, 6.45) is 4.45. The van der Waals surface area contributed by atoms with Gasteiger partial charge in [0.05, 0.1) is 12.2 Å². The average Bonchev–Trinajstić information content (AvgIpc) is 2.98. The predicted molar refractivity (Wildman–Crippen MR) is 103 cm³/mol. The van der Waals surface area contributed by atoms with E-state index in [1.807, 2.05) is 17.0 Å². The van der Waals surface area contributed by atoms with Gasteiger partial charge in [0.2, 0.25) is 4.80 Å². The van der Waals surface area contributed by atoms with Crippen molar-refractivity contribution in [3.63, 3.8) is 0 Å². The van der Waals surface area contributed by atoms with Gasteiger partial charge in [-0.15, -0.1) is 11.3 Å². The summed E-state index contributed by atoms with van der Waals surface area (Å²) in [5.41, 5.74) is 4.14. The summed E-state index contributed by atoms with van der Waals surface area (Å²) in [5.74, 6) is 0.542. The van der Waals surface area contributed by atoms with Gasteiger partial charge < -0.3 is 0 Å². The molecule has 1 aliphatic carbocycles. The van der Waals surface area contributed by atoms with Crippen molar-refractivity contribution in [3.8, 4) is 11.3 Å². The van der Waals surface area contributed by atoms with Crippen LogP contribution in [0.3, 0.4) is 0 Å². The Hall–Kier alpha value is -2.01. The van der Waals surface area contributed by atoms with E-state index in [4.69, 9.17) is 5.10 Å². The van der Waals surface area contributed by atoms with Crippen LogP contribution in [-0.2, 0) is 0 Å². The third kappa shape index (κ3) is 4.54. The van der Waals surface area contributed by atoms with E-state index in [9.17, 15) is 4.39 Å². The second kappa shape index (κ2) is 7.91. The molecule has 0 aliphatic heterocycles. The van der Waals surface area contributed by atoms with Crippen LogP contribution >= 0.6 is 11.3 Å². The fourth-order valence-corrected chi connectivity index (χ4v) is 3.69. The summed E-state index contributed by atoms with van der Waals surface area (Å²) in [5, 5.41) is 6.96. The quantitative estimate of drug-likeness (QED) is 0.669. The highest BCUT2D eigenvalue weighted by atomic mass is 32.1. The van der Waals surface area contributed by atoms with Gasteiger partial charge >= 0.3 is 0 Å². The molecule has 0 atom stereocenters. The Kier molecular flexibility index (Phi) is 5.63. The molecule has 0 radical (unpaired) electrons. The number of hydrogen-bond acceptors (Lipinski definition) is 3. The lowest BCUT2D eigenvalue weighted by Crippen LogP contribution is -2.18. The molecule has 0 bridgehead atoms. The van der Waals surface area contributed by atoms with Gasteiger partial charge in [-0.25, -0.2) is 9.07 Å². The zero-order chi connectivity index (χ0) is 17.8. The molecule has 1 heterocycles. The zero-order valence-corrected chi connectivity index (χ0v) is 15.7. The first kappa shape index (κ1) is 17.8. The SMILES string of the molecule is C=C(C)CN=c1scc(-c2ccc(F)cc2)n1N=C1CCC(C)CC1. The van der Waals surface area contributed by atoms with Crippen LogP contribution in [0.2, 0.25) is 0 Å². The normalized spacial score (nSPS) is 18.4. The van der Waals surface area contributed by atoms with Crippen LogP contribution in [0, 0.1) is 11.7 Å². The number of thiazole rings is 1. The molecule has 2 aromatic rings. The lowest BCUT2D eigenvalue weighted by Gasteiger charge is -2.19. The fourth-order valence-electron chi connectivity index (χ4n) is 2.86. The molecule has 132 valence electrons. The molecule has 1 fully saturated rings. The van der Waals surface area contributed by atoms with Crippen LogP contribution in [-0.4, -0.2) is 16.9 Å². The van der Waals surface area contributed by atoms with Crippen molar-refractivity contribution in [2.24, 2.45) is 16.0 Å². The number of benzene rings is 1. The first-order chi connectivity index (χ1) is 12.0. The maximum atomic E-state index is 13.3. The topological polar surface area (TPSA) is 29.6 Å². The highest BCUT2D eigenvalue weighted by Gasteiger charge is 2.15. The predicted octanol–water partition coefficient (Wildman–Crippen LogP) is 5.25. The van der Waals surface area contributed by atoms with Gasteiger partial charge in [0.15, 0.2) is 0 Å². The number of nitrogens with zero attached hydrogens (tertiary/aromatic N) is 3. The molecule has 1 aromatic carbocycles. The number of hydrogen-bond donors (Lipinski definition) is 0. The lowest BCUT2D eigenvalue weighted by molar-refractivity contribution is 0.481. The van der Waals surface area contributed by atoms with Crippen LogP contribution in [0.15, 0.2) is 51.9 Å². The Morgan fingerprint density at radius 1 is 1.28 bits per heavy atom. The first-order valence-electron chi connectivity index (χ1n) is 8.71. The largest absolute Gasteiger partial charge is 0.253 e. The molecule has 1 aliphatic rings. The molecule has 0 unspecified atom stereocenters. The van der Waals surface area contributed by atoms with Gasteiger partial charge in [0, 0.05) is 16.7 Å². The third-order valence-electron chi connectivity index (χ3n) is 4.40. The fraction of sp³-hybridized carbons (Fsp3) is 0.400. The van der Waals surface area contributed by atoms with Crippen molar-refractivity contribution in [1.29, 1.82) is 0 Å². The highest BCUT2D eigenvalue weighted by Crippen LogP contribution is 2.24. The smallest absolute Gasteiger partial charge is 0.206 e. The van der Waals surface area contributed by atoms with Crippen LogP contribution in [0.25, 0.3) is 11.3 Å². The molecule has 3 nitrogen and oxygen atoms in total. The number of halogens is 1. The first-order valence-corrected chi connectivity index (χ1v) is 9.59. The van der Waals surface area contributed by atoms with Crippen molar-refractivity contribution in [2.45, 2.75) is 39.5 Å². The molecule has 25 heavy (non-hydrogen) atoms. The molecule has 1 aromatic heterocycles. The van der Waals surface area contributed by atoms with E-state index in [0.717, 1.165) is 40.4 Å². The molecule has 1 saturated carbocycles. The standard InChI is InChI=1S/C20H24FN3S/c1-14(2)12-22-20-24(23-18-10-4-15(3)5-11-18)19(13-25-20)16-6-8-17(21)9-7-16/h6-9,13,15H,1,4-5,10-12H2,2-3H3. The average molecular weight is 357 g/mol. The van der Waals surface area contributed by atoms with Crippen molar-refractivity contribution in [2.75, 3.05) is 6.54 Å². The molecule has 5 heteroatoms. The molecule has 0 spiro atoms. The van der Waals surface area contributed by atoms with E-state index in [0.29, 0.717) is 6.54 Å². The minimum Gasteiger partial charge on any atom is -0.253 e. The van der Waals surface area contributed by atoms with E-state index < -0.39 is 0 Å². The summed E-state index contributed by atoms with van der Waals surface area (Å²) in [6, 6.07) is 6.55. The van der Waals surface area contributed by atoms with Crippen molar-refractivity contribution < 1.29 is 4.39 Å². The van der Waals surface area contributed by atoms with Crippen LogP contribution in [0.4, 0.5) is 4.39 Å². The van der Waals surface area contributed by atoms with E-state index in [1.54, 1.807) is 23.5 Å². The van der Waals surface area contributed by atoms with Crippen LogP contribution in [0.1, 0.15) is 39.5 Å². The summed E-state index contributed by atoms with van der Waals surface area (Å²) in [7, 11) is 0. The van der Waals surface area contributed by atoms with Crippen molar-refractivity contribution in [1.82, 2.24) is 4.68 Å². The Morgan fingerprint density at radius 2 is 1.96 bits per heavy atom. The van der Waals surface area contributed by atoms with E-state index >= 15 is 0 Å². The molecular formula is C20H24FN3S. The van der Waals surface area contributed by atoms with E-state index in [-0.39, 0.29) is 5.82 Å². The highest BCUT2D eigenvalue weighted by molar-refractivity contribution is 7.07. The maximum Gasteiger partial charge on any atom is 0.206 e. The molecule has 0 saturated heterocycles. The van der Waals surface area contributed by atoms with Crippen LogP contribution in [0.5, 0.6) is 0 Å². The Balaban J connectivity index is 2.03. The Morgan fingerprint density at radius 3 is 2.60 bits per heavy atom. The van der Waals surface area contributed by atoms with Gasteiger partial charge in [0.25, 0.3) is 0 Å². The molecular weight excluding hydrogens is 333 g/mol. The second-order valence-electron chi connectivity index (χ2n) is 6.84. The minimum absolute atomic E-state index is 0.231. The molecule has 0 N–H and O–H groups in total. The van der Waals surface area contributed by atoms with Crippen molar-refractivity contribution >= 4 is 17.0 Å². The summed E-state index contributed by atoms with van der Waals surface area (Å²) < 4.78 is 15.2. The van der Waals surface area contributed by atoms with Gasteiger partial charge in [-0.3, -0.25) is 4.99 Å². The number of rotatable bonds is 4. The summed E-state index contributed by atoms with van der Waals surface area (Å²) in [6.45, 7) is 8.78. The molecule has 0 amide bonds. The minimum atomic E-state index is -0.231. The van der Waals surface area contributed by atoms with Gasteiger partial charge in [0.1, 0.15) is 5.82 Å². The zero-order valence-electron chi connectivity index (χ0n) is 14.8. The van der Waals surface area contributed by atoms with E-state index in [1.165, 1.54) is 30.7 Å². The van der Waals surface area contributed by atoms with Gasteiger partial charge in [-0.05, 0) is 62.8 Å². The maximum absolute atomic E-state index is 13.3. The lowest BCUT2D eigenvalue weighted by atomic mass is 9.90. The van der Waals surface area contributed by atoms with Crippen LogP contribution < -0.4 is 4.80 Å². The van der Waals surface area contributed by atoms with Crippen molar-refractivity contribution in [3.05, 3.63) is 52.4 Å². The van der Waals surface area contributed by atoms with E-state index in [2.05, 4.69) is 18.5 Å². The Bertz CT molecular complexity index is 833. The monoisotopic (exact) mass is 357 g/mol.